The fourth-order valence-corrected chi connectivity index (χ4v) is 2.88. The molecule has 3 aromatic rings. The van der Waals surface area contributed by atoms with Gasteiger partial charge in [0, 0.05) is 31.4 Å². The van der Waals surface area contributed by atoms with E-state index in [1.165, 1.54) is 0 Å². The molecule has 124 valence electrons. The van der Waals surface area contributed by atoms with E-state index in [1.54, 1.807) is 30.1 Å². The van der Waals surface area contributed by atoms with Crippen molar-refractivity contribution in [3.8, 4) is 17.3 Å². The molecule has 0 spiro atoms. The first-order chi connectivity index (χ1) is 12.1. The minimum atomic E-state index is -0.540. The van der Waals surface area contributed by atoms with Crippen molar-refractivity contribution in [2.45, 2.75) is 6.42 Å². The highest BCUT2D eigenvalue weighted by Crippen LogP contribution is 2.32. The number of nitrogens with zero attached hydrogens (tertiary/aromatic N) is 5. The van der Waals surface area contributed by atoms with Crippen LogP contribution in [0.5, 0.6) is 0 Å². The first kappa shape index (κ1) is 15.1. The Balaban J connectivity index is 1.75. The molecule has 25 heavy (non-hydrogen) atoms. The van der Waals surface area contributed by atoms with Gasteiger partial charge in [-0.15, -0.1) is 0 Å². The number of aromatic nitrogens is 4. The summed E-state index contributed by atoms with van der Waals surface area (Å²) in [5, 5.41) is 19.7. The molecule has 0 fully saturated rings. The normalized spacial score (nSPS) is 12.4. The van der Waals surface area contributed by atoms with E-state index >= 15 is 0 Å². The van der Waals surface area contributed by atoms with Gasteiger partial charge in [0.1, 0.15) is 11.8 Å². The Kier molecular flexibility index (Phi) is 3.54. The zero-order valence-electron chi connectivity index (χ0n) is 13.4. The number of rotatable bonds is 3. The Morgan fingerprint density at radius 3 is 3.04 bits per heavy atom. The molecule has 0 aliphatic carbocycles. The van der Waals surface area contributed by atoms with E-state index in [9.17, 15) is 9.65 Å². The van der Waals surface area contributed by atoms with Gasteiger partial charge in [0.25, 0.3) is 0 Å². The Hall–Kier alpha value is -3.47. The quantitative estimate of drug-likeness (QED) is 0.764. The van der Waals surface area contributed by atoms with Crippen LogP contribution in [0.1, 0.15) is 11.1 Å². The molecule has 2 N–H and O–H groups in total. The van der Waals surface area contributed by atoms with Gasteiger partial charge < -0.3 is 10.6 Å². The number of hydrogen-bond donors (Lipinski definition) is 2. The number of aryl methyl sites for hydroxylation is 1. The number of fused-ring (bicyclic) bond motifs is 1. The Morgan fingerprint density at radius 1 is 1.40 bits per heavy atom. The maximum atomic E-state index is 14.3. The maximum Gasteiger partial charge on any atom is 0.229 e. The summed E-state index contributed by atoms with van der Waals surface area (Å²) in [4.78, 5) is 8.23. The molecule has 8 heteroatoms. The van der Waals surface area contributed by atoms with Gasteiger partial charge in [-0.2, -0.15) is 10.4 Å². The minimum absolute atomic E-state index is 0.152. The van der Waals surface area contributed by atoms with Crippen LogP contribution >= 0.6 is 0 Å². The van der Waals surface area contributed by atoms with E-state index in [1.807, 2.05) is 6.07 Å². The van der Waals surface area contributed by atoms with Crippen LogP contribution in [-0.4, -0.2) is 26.3 Å². The van der Waals surface area contributed by atoms with Crippen LogP contribution in [0.3, 0.4) is 0 Å². The van der Waals surface area contributed by atoms with Crippen LogP contribution in [0.25, 0.3) is 11.3 Å². The summed E-state index contributed by atoms with van der Waals surface area (Å²) < 4.78 is 16.0. The molecule has 0 saturated carbocycles. The first-order valence-corrected chi connectivity index (χ1v) is 7.74. The van der Waals surface area contributed by atoms with Gasteiger partial charge in [-0.05, 0) is 24.1 Å². The molecule has 3 heterocycles. The monoisotopic (exact) mass is 335 g/mol. The highest BCUT2D eigenvalue weighted by molar-refractivity contribution is 5.74. The predicted octanol–water partition coefficient (Wildman–Crippen LogP) is 2.60. The van der Waals surface area contributed by atoms with E-state index in [2.05, 4.69) is 31.8 Å². The molecule has 0 unspecified atom stereocenters. The summed E-state index contributed by atoms with van der Waals surface area (Å²) in [5.74, 6) is 0.268. The van der Waals surface area contributed by atoms with Crippen LogP contribution in [0.2, 0.25) is 0 Å². The third-order valence-corrected chi connectivity index (χ3v) is 4.01. The van der Waals surface area contributed by atoms with Gasteiger partial charge in [0.05, 0.1) is 17.4 Å². The average Bonchev–Trinajstić information content (AvgIpc) is 3.24. The van der Waals surface area contributed by atoms with Gasteiger partial charge in [-0.3, -0.25) is 4.68 Å². The molecule has 0 amide bonds. The maximum absolute atomic E-state index is 14.3. The van der Waals surface area contributed by atoms with Crippen LogP contribution < -0.4 is 10.6 Å². The molecule has 1 aliphatic heterocycles. The van der Waals surface area contributed by atoms with Crippen molar-refractivity contribution >= 4 is 17.5 Å². The Morgan fingerprint density at radius 2 is 2.28 bits per heavy atom. The Bertz CT molecular complexity index is 1000. The highest BCUT2D eigenvalue weighted by atomic mass is 19.1. The SMILES string of the molecule is Cn1ccc(Nc2ncc(F)c(-c3cc(C#N)c4c(c3)CCN4)n2)n1. The smallest absolute Gasteiger partial charge is 0.229 e. The zero-order valence-corrected chi connectivity index (χ0v) is 13.4. The minimum Gasteiger partial charge on any atom is -0.383 e. The summed E-state index contributed by atoms with van der Waals surface area (Å²) in [6.45, 7) is 0.770. The molecule has 4 rings (SSSR count). The van der Waals surface area contributed by atoms with Gasteiger partial charge in [-0.1, -0.05) is 0 Å². The first-order valence-electron chi connectivity index (χ1n) is 7.74. The summed E-state index contributed by atoms with van der Waals surface area (Å²) in [6, 6.07) is 7.44. The van der Waals surface area contributed by atoms with E-state index in [0.717, 1.165) is 30.4 Å². The molecule has 0 bridgehead atoms. The molecule has 0 radical (unpaired) electrons. The van der Waals surface area contributed by atoms with Gasteiger partial charge >= 0.3 is 0 Å². The lowest BCUT2D eigenvalue weighted by Crippen LogP contribution is -2.02. The van der Waals surface area contributed by atoms with Crippen molar-refractivity contribution in [2.75, 3.05) is 17.2 Å². The predicted molar refractivity (Wildman–Crippen MR) is 90.8 cm³/mol. The summed E-state index contributed by atoms with van der Waals surface area (Å²) in [6.07, 6.45) is 3.69. The second-order valence-corrected chi connectivity index (χ2v) is 5.74. The number of nitriles is 1. The molecule has 1 aromatic carbocycles. The van der Waals surface area contributed by atoms with Crippen LogP contribution in [0.15, 0.2) is 30.6 Å². The third kappa shape index (κ3) is 2.76. The molecule has 2 aromatic heterocycles. The van der Waals surface area contributed by atoms with Crippen molar-refractivity contribution in [2.24, 2.45) is 7.05 Å². The number of hydrogen-bond acceptors (Lipinski definition) is 6. The van der Waals surface area contributed by atoms with E-state index in [-0.39, 0.29) is 11.6 Å². The number of benzene rings is 1. The fourth-order valence-electron chi connectivity index (χ4n) is 2.88. The standard InChI is InChI=1S/C17H14FN7/c1-25-5-3-14(24-25)22-17-21-9-13(18)16(23-17)11-6-10-2-4-20-15(10)12(7-11)8-19/h3,5-7,9,20H,2,4H2,1H3,(H,21,22,23,24). The molecular formula is C17H14FN7. The van der Waals surface area contributed by atoms with Gasteiger partial charge in [-0.25, -0.2) is 14.4 Å². The van der Waals surface area contributed by atoms with Crippen LogP contribution in [0.4, 0.5) is 21.8 Å². The molecule has 7 nitrogen and oxygen atoms in total. The van der Waals surface area contributed by atoms with Crippen molar-refractivity contribution in [1.82, 2.24) is 19.7 Å². The summed E-state index contributed by atoms with van der Waals surface area (Å²) in [5.41, 5.74) is 3.02. The van der Waals surface area contributed by atoms with Gasteiger partial charge in [0.2, 0.25) is 5.95 Å². The van der Waals surface area contributed by atoms with Crippen molar-refractivity contribution in [1.29, 1.82) is 5.26 Å². The second kappa shape index (κ2) is 5.87. The van der Waals surface area contributed by atoms with Crippen molar-refractivity contribution < 1.29 is 4.39 Å². The molecule has 1 aliphatic rings. The van der Waals surface area contributed by atoms with Crippen molar-refractivity contribution in [3.05, 3.63) is 47.5 Å². The lowest BCUT2D eigenvalue weighted by Gasteiger charge is -2.09. The van der Waals surface area contributed by atoms with Crippen LogP contribution in [0, 0.1) is 17.1 Å². The number of anilines is 3. The second-order valence-electron chi connectivity index (χ2n) is 5.74. The lowest BCUT2D eigenvalue weighted by molar-refractivity contribution is 0.619. The average molecular weight is 335 g/mol. The third-order valence-electron chi connectivity index (χ3n) is 4.01. The molecule has 0 atom stereocenters. The van der Waals surface area contributed by atoms with E-state index in [0.29, 0.717) is 16.9 Å². The number of nitrogens with one attached hydrogen (secondary N) is 2. The van der Waals surface area contributed by atoms with E-state index < -0.39 is 5.82 Å². The molecular weight excluding hydrogens is 321 g/mol. The summed E-state index contributed by atoms with van der Waals surface area (Å²) >= 11 is 0. The van der Waals surface area contributed by atoms with Crippen LogP contribution in [-0.2, 0) is 13.5 Å². The summed E-state index contributed by atoms with van der Waals surface area (Å²) in [7, 11) is 1.80. The Labute approximate surface area is 143 Å². The van der Waals surface area contributed by atoms with E-state index in [4.69, 9.17) is 0 Å². The molecule has 0 saturated heterocycles. The number of halogens is 1. The lowest BCUT2D eigenvalue weighted by atomic mass is 10.0. The highest BCUT2D eigenvalue weighted by Gasteiger charge is 2.19. The zero-order chi connectivity index (χ0) is 17.4. The largest absolute Gasteiger partial charge is 0.383 e. The van der Waals surface area contributed by atoms with Gasteiger partial charge in [0.15, 0.2) is 11.6 Å². The fraction of sp³-hybridized carbons (Fsp3) is 0.176. The topological polar surface area (TPSA) is 91.5 Å². The van der Waals surface area contributed by atoms with Crippen molar-refractivity contribution in [3.63, 3.8) is 0 Å².